The maximum absolute atomic E-state index is 12.4. The second kappa shape index (κ2) is 9.75. The fourth-order valence-corrected chi connectivity index (χ4v) is 3.93. The Morgan fingerprint density at radius 2 is 1.89 bits per heavy atom. The number of rotatable bonds is 6. The Morgan fingerprint density at radius 3 is 2.59 bits per heavy atom. The molecule has 0 bridgehead atoms. The third-order valence-corrected chi connectivity index (χ3v) is 5.58. The van der Waals surface area contributed by atoms with E-state index in [-0.39, 0.29) is 17.6 Å². The Balaban J connectivity index is 1.37. The molecule has 1 fully saturated rings. The summed E-state index contributed by atoms with van der Waals surface area (Å²) >= 11 is 4.72. The maximum Gasteiger partial charge on any atom is 0.234 e. The Labute approximate surface area is 171 Å². The van der Waals surface area contributed by atoms with Gasteiger partial charge in [0.1, 0.15) is 5.82 Å². The van der Waals surface area contributed by atoms with Crippen LogP contribution >= 0.6 is 27.7 Å². The average Bonchev–Trinajstić information content (AvgIpc) is 2.69. The molecule has 0 radical (unpaired) electrons. The van der Waals surface area contributed by atoms with E-state index in [0.29, 0.717) is 18.8 Å². The zero-order chi connectivity index (χ0) is 19.1. The van der Waals surface area contributed by atoms with Gasteiger partial charge in [0, 0.05) is 42.5 Å². The first-order valence-corrected chi connectivity index (χ1v) is 10.6. The van der Waals surface area contributed by atoms with Crippen LogP contribution in [-0.4, -0.2) is 59.4 Å². The van der Waals surface area contributed by atoms with Crippen molar-refractivity contribution < 1.29 is 9.59 Å². The maximum atomic E-state index is 12.4. The lowest BCUT2D eigenvalue weighted by molar-refractivity contribution is -0.128. The molecule has 0 unspecified atom stereocenters. The van der Waals surface area contributed by atoms with Crippen molar-refractivity contribution >= 4 is 51.0 Å². The minimum absolute atomic E-state index is 0.0796. The van der Waals surface area contributed by atoms with E-state index in [4.69, 9.17) is 0 Å². The molecule has 2 heterocycles. The van der Waals surface area contributed by atoms with Crippen LogP contribution in [-0.2, 0) is 9.59 Å². The van der Waals surface area contributed by atoms with Crippen molar-refractivity contribution in [2.45, 2.75) is 0 Å². The van der Waals surface area contributed by atoms with Gasteiger partial charge < -0.3 is 15.1 Å². The average molecular weight is 449 g/mol. The predicted molar refractivity (Wildman–Crippen MR) is 113 cm³/mol. The number of pyridine rings is 1. The molecular weight excluding hydrogens is 428 g/mol. The molecule has 0 aliphatic carbocycles. The van der Waals surface area contributed by atoms with Crippen LogP contribution in [0, 0.1) is 0 Å². The lowest BCUT2D eigenvalue weighted by Crippen LogP contribution is -2.49. The second-order valence-electron chi connectivity index (χ2n) is 6.11. The smallest absolute Gasteiger partial charge is 0.234 e. The van der Waals surface area contributed by atoms with Gasteiger partial charge in [-0.05, 0) is 30.3 Å². The largest absolute Gasteiger partial charge is 0.353 e. The minimum atomic E-state index is -0.106. The van der Waals surface area contributed by atoms with Crippen molar-refractivity contribution in [1.29, 1.82) is 0 Å². The molecule has 0 spiro atoms. The molecular formula is C19H21BrN4O2S. The van der Waals surface area contributed by atoms with Gasteiger partial charge in [0.25, 0.3) is 0 Å². The predicted octanol–water partition coefficient (Wildman–Crippen LogP) is 2.86. The van der Waals surface area contributed by atoms with E-state index in [1.165, 1.54) is 11.8 Å². The van der Waals surface area contributed by atoms with Gasteiger partial charge in [-0.2, -0.15) is 0 Å². The number of carbonyl (C=O) groups excluding carboxylic acids is 2. The molecule has 0 atom stereocenters. The zero-order valence-electron chi connectivity index (χ0n) is 14.8. The van der Waals surface area contributed by atoms with E-state index in [1.54, 1.807) is 6.20 Å². The molecule has 1 aromatic heterocycles. The first-order chi connectivity index (χ1) is 13.1. The molecule has 8 heteroatoms. The monoisotopic (exact) mass is 448 g/mol. The zero-order valence-corrected chi connectivity index (χ0v) is 17.2. The summed E-state index contributed by atoms with van der Waals surface area (Å²) in [6, 6.07) is 13.3. The summed E-state index contributed by atoms with van der Waals surface area (Å²) in [6.07, 6.45) is 1.78. The number of aromatic nitrogens is 1. The highest BCUT2D eigenvalue weighted by Gasteiger charge is 2.21. The van der Waals surface area contributed by atoms with Crippen molar-refractivity contribution in [3.05, 3.63) is 53.1 Å². The van der Waals surface area contributed by atoms with Crippen LogP contribution in [0.15, 0.2) is 53.1 Å². The van der Waals surface area contributed by atoms with Crippen molar-refractivity contribution in [3.63, 3.8) is 0 Å². The summed E-state index contributed by atoms with van der Waals surface area (Å²) in [7, 11) is 0. The number of piperazine rings is 1. The third kappa shape index (κ3) is 5.97. The summed E-state index contributed by atoms with van der Waals surface area (Å²) in [6.45, 7) is 2.91. The van der Waals surface area contributed by atoms with Gasteiger partial charge >= 0.3 is 0 Å². The topological polar surface area (TPSA) is 65.5 Å². The van der Waals surface area contributed by atoms with Crippen LogP contribution < -0.4 is 10.2 Å². The molecule has 27 heavy (non-hydrogen) atoms. The first kappa shape index (κ1) is 19.7. The molecule has 1 N–H and O–H groups in total. The number of amides is 2. The standard InChI is InChI=1S/C19H21BrN4O2S/c20-15-4-3-5-16(12-15)22-18(25)13-27-14-19(26)24-10-8-23(9-11-24)17-6-1-2-7-21-17/h1-7,12H,8-11,13-14H2,(H,22,25). The van der Waals surface area contributed by atoms with E-state index in [2.05, 4.69) is 31.1 Å². The molecule has 2 amide bonds. The van der Waals surface area contributed by atoms with Gasteiger partial charge in [-0.3, -0.25) is 9.59 Å². The van der Waals surface area contributed by atoms with Crippen LogP contribution in [0.5, 0.6) is 0 Å². The van der Waals surface area contributed by atoms with Gasteiger partial charge in [0.15, 0.2) is 0 Å². The number of hydrogen-bond acceptors (Lipinski definition) is 5. The Morgan fingerprint density at radius 1 is 1.07 bits per heavy atom. The van der Waals surface area contributed by atoms with Crippen molar-refractivity contribution in [3.8, 4) is 0 Å². The third-order valence-electron chi connectivity index (χ3n) is 4.17. The molecule has 142 valence electrons. The molecule has 2 aromatic rings. The molecule has 6 nitrogen and oxygen atoms in total. The van der Waals surface area contributed by atoms with E-state index < -0.39 is 0 Å². The van der Waals surface area contributed by atoms with Crippen LogP contribution in [0.2, 0.25) is 0 Å². The Bertz CT molecular complexity index is 782. The van der Waals surface area contributed by atoms with Crippen molar-refractivity contribution in [1.82, 2.24) is 9.88 Å². The number of nitrogens with zero attached hydrogens (tertiary/aromatic N) is 3. The minimum Gasteiger partial charge on any atom is -0.353 e. The van der Waals surface area contributed by atoms with E-state index in [1.807, 2.05) is 47.4 Å². The Kier molecular flexibility index (Phi) is 7.11. The Hall–Kier alpha value is -2.06. The molecule has 3 rings (SSSR count). The number of carbonyl (C=O) groups is 2. The van der Waals surface area contributed by atoms with Crippen LogP contribution in [0.1, 0.15) is 0 Å². The van der Waals surface area contributed by atoms with Crippen LogP contribution in [0.4, 0.5) is 11.5 Å². The number of hydrogen-bond donors (Lipinski definition) is 1. The van der Waals surface area contributed by atoms with Crippen LogP contribution in [0.25, 0.3) is 0 Å². The SMILES string of the molecule is O=C(CSCC(=O)N1CCN(c2ccccn2)CC1)Nc1cccc(Br)c1. The van der Waals surface area contributed by atoms with Crippen LogP contribution in [0.3, 0.4) is 0 Å². The number of benzene rings is 1. The lowest BCUT2D eigenvalue weighted by Gasteiger charge is -2.35. The molecule has 1 saturated heterocycles. The molecule has 0 saturated carbocycles. The number of anilines is 2. The van der Waals surface area contributed by atoms with Gasteiger partial charge in [-0.1, -0.05) is 28.1 Å². The number of thioether (sulfide) groups is 1. The number of halogens is 1. The van der Waals surface area contributed by atoms with Gasteiger partial charge in [-0.25, -0.2) is 4.98 Å². The fraction of sp³-hybridized carbons (Fsp3) is 0.316. The molecule has 1 aliphatic heterocycles. The lowest BCUT2D eigenvalue weighted by atomic mass is 10.3. The number of nitrogens with one attached hydrogen (secondary N) is 1. The van der Waals surface area contributed by atoms with E-state index in [9.17, 15) is 9.59 Å². The first-order valence-electron chi connectivity index (χ1n) is 8.69. The van der Waals surface area contributed by atoms with Gasteiger partial charge in [-0.15, -0.1) is 11.8 Å². The molecule has 1 aromatic carbocycles. The van der Waals surface area contributed by atoms with E-state index in [0.717, 1.165) is 29.1 Å². The van der Waals surface area contributed by atoms with Crippen molar-refractivity contribution in [2.24, 2.45) is 0 Å². The fourth-order valence-electron chi connectivity index (χ4n) is 2.81. The highest BCUT2D eigenvalue weighted by atomic mass is 79.9. The highest BCUT2D eigenvalue weighted by molar-refractivity contribution is 9.10. The summed E-state index contributed by atoms with van der Waals surface area (Å²) < 4.78 is 0.910. The quantitative estimate of drug-likeness (QED) is 0.735. The van der Waals surface area contributed by atoms with Gasteiger partial charge in [0.2, 0.25) is 11.8 Å². The van der Waals surface area contributed by atoms with Crippen molar-refractivity contribution in [2.75, 3.05) is 47.9 Å². The highest BCUT2D eigenvalue weighted by Crippen LogP contribution is 2.16. The summed E-state index contributed by atoms with van der Waals surface area (Å²) in [4.78, 5) is 32.7. The molecule has 1 aliphatic rings. The summed E-state index contributed by atoms with van der Waals surface area (Å²) in [5.41, 5.74) is 0.743. The summed E-state index contributed by atoms with van der Waals surface area (Å²) in [5.74, 6) is 1.49. The van der Waals surface area contributed by atoms with Gasteiger partial charge in [0.05, 0.1) is 11.5 Å². The normalized spacial score (nSPS) is 14.1. The summed E-state index contributed by atoms with van der Waals surface area (Å²) in [5, 5.41) is 2.83. The second-order valence-corrected chi connectivity index (χ2v) is 8.01. The van der Waals surface area contributed by atoms with E-state index >= 15 is 0 Å².